The van der Waals surface area contributed by atoms with E-state index in [2.05, 4.69) is 104 Å². The maximum atomic E-state index is 13.1. The number of carbonyl (C=O) groups excluding carboxylic acids is 3. The van der Waals surface area contributed by atoms with Gasteiger partial charge in [0.05, 0.1) is 132 Å². The van der Waals surface area contributed by atoms with E-state index in [1.807, 2.05) is 18.2 Å². The third kappa shape index (κ3) is 23.9. The summed E-state index contributed by atoms with van der Waals surface area (Å²) in [4.78, 5) is 72.7. The number of nitrogens with one attached hydrogen (secondary N) is 3. The average molecular weight is 1720 g/mol. The zero-order chi connectivity index (χ0) is 80.5. The lowest BCUT2D eigenvalue weighted by Gasteiger charge is -2.35. The first-order valence-corrected chi connectivity index (χ1v) is 44.1. The van der Waals surface area contributed by atoms with Crippen LogP contribution in [-0.2, 0) is 68.8 Å². The highest BCUT2D eigenvalue weighted by Crippen LogP contribution is 2.46. The van der Waals surface area contributed by atoms with E-state index < -0.39 is 53.7 Å². The third-order valence-corrected chi connectivity index (χ3v) is 28.1. The Labute approximate surface area is 681 Å². The fourth-order valence-corrected chi connectivity index (χ4v) is 19.1. The van der Waals surface area contributed by atoms with Gasteiger partial charge in [-0.05, 0) is 177 Å². The second kappa shape index (κ2) is 40.5. The Kier molecular flexibility index (Phi) is 33.5. The molecule has 114 heavy (non-hydrogen) atoms. The molecule has 3 N–H and O–H groups in total. The molecule has 0 radical (unpaired) electrons. The van der Waals surface area contributed by atoms with E-state index in [0.717, 1.165) is 71.8 Å². The number of nitrogens with zero attached hydrogens (tertiary/aromatic N) is 9. The summed E-state index contributed by atoms with van der Waals surface area (Å²) in [5.74, 6) is -0.151. The zero-order valence-electron chi connectivity index (χ0n) is 65.7. The molecule has 630 valence electrons. The molecule has 3 atom stereocenters. The Morgan fingerprint density at radius 2 is 0.667 bits per heavy atom. The number of aromatic nitrogens is 6. The number of halogens is 7. The smallest absolute Gasteiger partial charge is 0.346 e. The molecule has 3 saturated carbocycles. The summed E-state index contributed by atoms with van der Waals surface area (Å²) in [5, 5.41) is 8.51. The minimum atomic E-state index is -4.11. The molecule has 3 aliphatic heterocycles. The fourth-order valence-electron chi connectivity index (χ4n) is 16.6. The van der Waals surface area contributed by atoms with Crippen molar-refractivity contribution >= 4 is 64.2 Å². The number of rotatable bonds is 24. The molecule has 3 fully saturated rings. The lowest BCUT2D eigenvalue weighted by atomic mass is 9.81. The topological polar surface area (TPSA) is 277 Å². The Bertz CT molecular complexity index is 4350. The first kappa shape index (κ1) is 94.3. The van der Waals surface area contributed by atoms with Crippen molar-refractivity contribution in [2.45, 2.75) is 246 Å². The highest BCUT2D eigenvalue weighted by molar-refractivity contribution is 8.93. The maximum absolute atomic E-state index is 13.1. The van der Waals surface area contributed by atoms with E-state index in [1.54, 1.807) is 57.6 Å². The van der Waals surface area contributed by atoms with Gasteiger partial charge in [-0.15, -0.1) is 17.0 Å². The lowest BCUT2D eigenvalue weighted by Crippen LogP contribution is -2.35. The molecule has 0 bridgehead atoms. The highest BCUT2D eigenvalue weighted by atomic mass is 79.9. The molecule has 6 aliphatic rings. The minimum absolute atomic E-state index is 0. The van der Waals surface area contributed by atoms with Crippen LogP contribution >= 0.6 is 17.0 Å². The van der Waals surface area contributed by atoms with Crippen LogP contribution in [0.4, 0.5) is 26.3 Å². The quantitative estimate of drug-likeness (QED) is 0.0475. The van der Waals surface area contributed by atoms with Crippen molar-refractivity contribution in [1.29, 1.82) is 0 Å². The van der Waals surface area contributed by atoms with E-state index in [1.165, 1.54) is 62.5 Å². The van der Waals surface area contributed by atoms with Gasteiger partial charge in [0, 0.05) is 76.4 Å². The molecule has 0 unspecified atom stereocenters. The van der Waals surface area contributed by atoms with Crippen molar-refractivity contribution in [3.63, 3.8) is 0 Å². The van der Waals surface area contributed by atoms with Crippen LogP contribution in [-0.4, -0.2) is 137 Å². The molecule has 0 saturated heterocycles. The molecule has 6 aromatic heterocycles. The lowest BCUT2D eigenvalue weighted by molar-refractivity contribution is -0.185. The largest absolute Gasteiger partial charge is 0.391 e. The van der Waals surface area contributed by atoms with E-state index in [9.17, 15) is 66.0 Å². The summed E-state index contributed by atoms with van der Waals surface area (Å²) < 4.78 is 150. The molecule has 21 nitrogen and oxygen atoms in total. The monoisotopic (exact) mass is 1710 g/mol. The summed E-state index contributed by atoms with van der Waals surface area (Å²) in [6.45, 7) is 25.2. The van der Waals surface area contributed by atoms with Gasteiger partial charge in [-0.25, -0.2) is 25.3 Å². The van der Waals surface area contributed by atoms with E-state index in [0.29, 0.717) is 84.5 Å². The van der Waals surface area contributed by atoms with Gasteiger partial charge in [0.25, 0.3) is 17.7 Å². The Morgan fingerprint density at radius 3 is 0.886 bits per heavy atom. The zero-order valence-corrected chi connectivity index (χ0v) is 69.8. The predicted octanol–water partition coefficient (Wildman–Crippen LogP) is 16.6. The first-order chi connectivity index (χ1) is 52.4. The van der Waals surface area contributed by atoms with E-state index in [-0.39, 0.29) is 163 Å². The Balaban J connectivity index is 0.000000234. The molecule has 3 amide bonds. The molecule has 9 heterocycles. The van der Waals surface area contributed by atoms with Crippen LogP contribution < -0.4 is 16.0 Å². The standard InChI is InChI=1S/2C27H35F3N4O3S.C27H38N4O3S.2CH4.BrH/c2*1-4-38(36,37)23-10-9-22(31-14-23)13-33-26(35)19-11-20-16-34(25(17(2)3)24(20)32-12-19)15-18-5-7-21(8-6-18)27(28,29)30;1-5-35(33,34)24-11-10-23(28-15-24)14-30-27(32)21-12-22-17-31(16-20-8-6-19(4)7-9-20)26(18(2)3)25(22)29-13-21;;;/h2*9-12,14,17-18,21,25H,4-8,13,15-16H2,1-3H3,(H,33,35);10-13,15,18-20,26H,5-9,14,16-17H2,1-4H3,(H,30,32);2*1H4;1H/t2*18?,21?,25-;19?,20?,26-;;;/m000.../s1. The van der Waals surface area contributed by atoms with Crippen LogP contribution in [0.15, 0.2) is 106 Å². The van der Waals surface area contributed by atoms with Gasteiger partial charge in [-0.1, -0.05) is 96.9 Å². The molecule has 0 aromatic carbocycles. The van der Waals surface area contributed by atoms with Gasteiger partial charge in [-0.3, -0.25) is 59.0 Å². The van der Waals surface area contributed by atoms with Crippen molar-refractivity contribution in [2.75, 3.05) is 36.9 Å². The second-order valence-electron chi connectivity index (χ2n) is 32.0. The molecule has 31 heteroatoms. The van der Waals surface area contributed by atoms with Crippen molar-refractivity contribution in [3.05, 3.63) is 159 Å². The van der Waals surface area contributed by atoms with Crippen molar-refractivity contribution in [2.24, 2.45) is 53.3 Å². The average Bonchev–Trinajstić information content (AvgIpc) is 1.64. The Hall–Kier alpha value is -6.90. The van der Waals surface area contributed by atoms with Gasteiger partial charge in [-0.2, -0.15) is 26.3 Å². The molecule has 0 spiro atoms. The van der Waals surface area contributed by atoms with Gasteiger partial charge < -0.3 is 16.0 Å². The fraction of sp³-hybridized carbons (Fsp3) is 0.602. The van der Waals surface area contributed by atoms with Gasteiger partial charge in [0.1, 0.15) is 0 Å². The molecule has 3 aliphatic carbocycles. The van der Waals surface area contributed by atoms with E-state index >= 15 is 0 Å². The molecular weight excluding hydrogens is 1600 g/mol. The maximum Gasteiger partial charge on any atom is 0.391 e. The first-order valence-electron chi connectivity index (χ1n) is 39.1. The molecule has 12 rings (SSSR count). The highest BCUT2D eigenvalue weighted by Gasteiger charge is 2.45. The van der Waals surface area contributed by atoms with Gasteiger partial charge >= 0.3 is 12.4 Å². The summed E-state index contributed by atoms with van der Waals surface area (Å²) in [5.41, 5.74) is 9.10. The van der Waals surface area contributed by atoms with Crippen LogP contribution in [0, 0.1) is 53.3 Å². The van der Waals surface area contributed by atoms with Crippen LogP contribution in [0.1, 0.15) is 261 Å². The summed E-state index contributed by atoms with van der Waals surface area (Å²) in [6.07, 6.45) is 8.85. The van der Waals surface area contributed by atoms with Gasteiger partial charge in [0.15, 0.2) is 29.5 Å². The number of pyridine rings is 6. The number of hydrogen-bond donors (Lipinski definition) is 3. The van der Waals surface area contributed by atoms with Crippen LogP contribution in [0.2, 0.25) is 0 Å². The molecule has 6 aromatic rings. The second-order valence-corrected chi connectivity index (χ2v) is 38.9. The van der Waals surface area contributed by atoms with Crippen LogP contribution in [0.5, 0.6) is 0 Å². The number of sulfone groups is 3. The van der Waals surface area contributed by atoms with Crippen molar-refractivity contribution in [3.8, 4) is 0 Å². The number of carbonyl (C=O) groups is 3. The van der Waals surface area contributed by atoms with Crippen molar-refractivity contribution < 1.29 is 66.0 Å². The van der Waals surface area contributed by atoms with Gasteiger partial charge in [0.2, 0.25) is 0 Å². The predicted molar refractivity (Wildman–Crippen MR) is 434 cm³/mol. The molecular formula is C83H117BrF6N12O9S3. The number of amides is 3. The normalized spacial score (nSPS) is 22.0. The number of alkyl halides is 6. The summed E-state index contributed by atoms with van der Waals surface area (Å²) in [7, 11) is -9.96. The van der Waals surface area contributed by atoms with E-state index in [4.69, 9.17) is 4.98 Å². The third-order valence-electron chi connectivity index (χ3n) is 23.0. The summed E-state index contributed by atoms with van der Waals surface area (Å²) >= 11 is 0. The number of fused-ring (bicyclic) bond motifs is 3. The Morgan fingerprint density at radius 1 is 0.412 bits per heavy atom. The SMILES string of the molecule is Br.C.C.CCS(=O)(=O)c1ccc(CNC(=O)c2cnc3c(c2)CN(CC2CCC(C(F)(F)F)CC2)[C@H]3C(C)C)nc1.CCS(=O)(=O)c1ccc(CNC(=O)c2cnc3c(c2)CN(CC2CCC(C(F)(F)F)CC2)[C@H]3C(C)C)nc1.CCS(=O)(=O)c1ccc(CNC(=O)c2cnc3c(c2)CN(CC2CCC(C)CC2)[C@H]3C(C)C)nc1. The van der Waals surface area contributed by atoms with Crippen LogP contribution in [0.25, 0.3) is 0 Å². The van der Waals surface area contributed by atoms with Crippen molar-refractivity contribution in [1.82, 2.24) is 60.6 Å². The summed E-state index contributed by atoms with van der Waals surface area (Å²) in [6, 6.07) is 15.4. The van der Waals surface area contributed by atoms with Crippen LogP contribution in [0.3, 0.4) is 0 Å². The number of hydrogen-bond acceptors (Lipinski definition) is 18. The minimum Gasteiger partial charge on any atom is -0.346 e.